The van der Waals surface area contributed by atoms with Crippen molar-refractivity contribution in [3.8, 4) is 0 Å². The second-order valence-electron chi connectivity index (χ2n) is 8.11. The van der Waals surface area contributed by atoms with E-state index in [0.29, 0.717) is 0 Å². The summed E-state index contributed by atoms with van der Waals surface area (Å²) in [6.45, 7) is 3.60. The average Bonchev–Trinajstić information content (AvgIpc) is 2.79. The maximum Gasteiger partial charge on any atom is 0.366 e. The quantitative estimate of drug-likeness (QED) is 0.211. The maximum atomic E-state index is 12.6. The zero-order valence-corrected chi connectivity index (χ0v) is 21.7. The number of hydrogen-bond donors (Lipinski definition) is 2. The van der Waals surface area contributed by atoms with Crippen LogP contribution in [0.4, 0.5) is 0 Å². The van der Waals surface area contributed by atoms with Gasteiger partial charge in [-0.15, -0.1) is 0 Å². The standard InChI is InChI=1S/C22H31NO15/c1-10(24)33-8-16(36-13(4)27)19(37-14(5)28)20-18(23-17(29)9-34-11(2)25)15(35-12(3)26)7-22(31,38-20)21(30)32-6/h15-16,18-20,31H,7-9H2,1-6H3,(H,23,29)/t15-,16+,18+,19+,20+,22-/m0/s1. The highest BCUT2D eigenvalue weighted by Gasteiger charge is 2.57. The molecule has 0 radical (unpaired) electrons. The van der Waals surface area contributed by atoms with Gasteiger partial charge in [-0.2, -0.15) is 0 Å². The number of carbonyl (C=O) groups excluding carboxylic acids is 7. The van der Waals surface area contributed by atoms with E-state index in [9.17, 15) is 38.7 Å². The van der Waals surface area contributed by atoms with Crippen molar-refractivity contribution in [2.45, 2.75) is 77.3 Å². The van der Waals surface area contributed by atoms with Crippen LogP contribution in [0.5, 0.6) is 0 Å². The lowest BCUT2D eigenvalue weighted by Crippen LogP contribution is -2.69. The summed E-state index contributed by atoms with van der Waals surface area (Å²) in [4.78, 5) is 83.3. The normalized spacial score (nSPS) is 24.0. The summed E-state index contributed by atoms with van der Waals surface area (Å²) in [5.41, 5.74) is 0. The van der Waals surface area contributed by atoms with Gasteiger partial charge in [0.05, 0.1) is 19.6 Å². The molecule has 1 amide bonds. The van der Waals surface area contributed by atoms with E-state index in [4.69, 9.17) is 23.7 Å². The maximum absolute atomic E-state index is 12.6. The number of amides is 1. The van der Waals surface area contributed by atoms with Crippen molar-refractivity contribution < 1.29 is 71.8 Å². The zero-order chi connectivity index (χ0) is 29.2. The Hall–Kier alpha value is -3.79. The van der Waals surface area contributed by atoms with Gasteiger partial charge < -0.3 is 43.6 Å². The molecular weight excluding hydrogens is 518 g/mol. The minimum Gasteiger partial charge on any atom is -0.465 e. The Kier molecular flexibility index (Phi) is 12.1. The van der Waals surface area contributed by atoms with E-state index in [1.807, 2.05) is 0 Å². The SMILES string of the molecule is COC(=O)[C@]1(O)C[C@H](OC(C)=O)[C@@H](NC(=O)COC(C)=O)[C@H]([C@H](OC(C)=O)[C@@H](COC(C)=O)OC(C)=O)O1. The third kappa shape index (κ3) is 9.93. The molecule has 0 aromatic rings. The van der Waals surface area contributed by atoms with Crippen molar-refractivity contribution in [2.75, 3.05) is 20.3 Å². The molecule has 1 aliphatic rings. The lowest BCUT2D eigenvalue weighted by Gasteiger charge is -2.47. The van der Waals surface area contributed by atoms with Gasteiger partial charge in [0.2, 0.25) is 0 Å². The summed E-state index contributed by atoms with van der Waals surface area (Å²) in [5, 5.41) is 13.4. The largest absolute Gasteiger partial charge is 0.465 e. The van der Waals surface area contributed by atoms with Crippen LogP contribution < -0.4 is 5.32 Å². The number of rotatable bonds is 11. The lowest BCUT2D eigenvalue weighted by atomic mass is 9.88. The lowest BCUT2D eigenvalue weighted by molar-refractivity contribution is -0.299. The first kappa shape index (κ1) is 32.2. The van der Waals surface area contributed by atoms with E-state index in [1.165, 1.54) is 0 Å². The molecular formula is C22H31NO15. The third-order valence-corrected chi connectivity index (χ3v) is 4.88. The molecule has 0 aliphatic carbocycles. The Bertz CT molecular complexity index is 934. The molecule has 1 fully saturated rings. The highest BCUT2D eigenvalue weighted by molar-refractivity contribution is 5.81. The highest BCUT2D eigenvalue weighted by Crippen LogP contribution is 2.34. The van der Waals surface area contributed by atoms with Crippen molar-refractivity contribution in [3.63, 3.8) is 0 Å². The second kappa shape index (κ2) is 14.2. The number of carbonyl (C=O) groups is 7. The van der Waals surface area contributed by atoms with Gasteiger partial charge in [-0.25, -0.2) is 4.79 Å². The van der Waals surface area contributed by atoms with Gasteiger partial charge in [0, 0.05) is 34.6 Å². The molecule has 0 bridgehead atoms. The zero-order valence-electron chi connectivity index (χ0n) is 21.7. The summed E-state index contributed by atoms with van der Waals surface area (Å²) in [6.07, 6.45) is -7.47. The highest BCUT2D eigenvalue weighted by atomic mass is 16.7. The van der Waals surface area contributed by atoms with E-state index in [-0.39, 0.29) is 0 Å². The average molecular weight is 549 g/mol. The Morgan fingerprint density at radius 2 is 1.47 bits per heavy atom. The first-order valence-corrected chi connectivity index (χ1v) is 11.2. The number of aliphatic hydroxyl groups is 1. The second-order valence-corrected chi connectivity index (χ2v) is 8.11. The first-order valence-electron chi connectivity index (χ1n) is 11.2. The molecule has 6 atom stereocenters. The van der Waals surface area contributed by atoms with Gasteiger partial charge in [0.25, 0.3) is 11.7 Å². The van der Waals surface area contributed by atoms with E-state index in [1.54, 1.807) is 0 Å². The summed E-state index contributed by atoms with van der Waals surface area (Å²) in [7, 11) is 0.929. The van der Waals surface area contributed by atoms with Gasteiger partial charge in [-0.05, 0) is 0 Å². The molecule has 1 rings (SSSR count). The topological polar surface area (TPSA) is 216 Å². The van der Waals surface area contributed by atoms with E-state index in [2.05, 4.69) is 14.8 Å². The molecule has 214 valence electrons. The predicted molar refractivity (Wildman–Crippen MR) is 118 cm³/mol. The van der Waals surface area contributed by atoms with Gasteiger partial charge >= 0.3 is 35.8 Å². The van der Waals surface area contributed by atoms with Crippen molar-refractivity contribution in [3.05, 3.63) is 0 Å². The summed E-state index contributed by atoms with van der Waals surface area (Å²) < 4.78 is 35.4. The summed E-state index contributed by atoms with van der Waals surface area (Å²) in [6, 6.07) is -1.51. The van der Waals surface area contributed by atoms with Crippen LogP contribution in [-0.2, 0) is 66.7 Å². The Morgan fingerprint density at radius 1 is 0.895 bits per heavy atom. The van der Waals surface area contributed by atoms with Gasteiger partial charge in [-0.3, -0.25) is 28.8 Å². The molecule has 16 heteroatoms. The van der Waals surface area contributed by atoms with Crippen LogP contribution in [0.2, 0.25) is 0 Å². The fourth-order valence-corrected chi connectivity index (χ4v) is 3.57. The molecule has 0 saturated carbocycles. The Labute approximate surface area is 217 Å². The van der Waals surface area contributed by atoms with Crippen LogP contribution in [0.1, 0.15) is 41.0 Å². The number of hydrogen-bond acceptors (Lipinski definition) is 15. The molecule has 2 N–H and O–H groups in total. The molecule has 38 heavy (non-hydrogen) atoms. The fourth-order valence-electron chi connectivity index (χ4n) is 3.57. The van der Waals surface area contributed by atoms with Crippen molar-refractivity contribution in [2.24, 2.45) is 0 Å². The van der Waals surface area contributed by atoms with Crippen LogP contribution in [-0.4, -0.2) is 103 Å². The Morgan fingerprint density at radius 3 is 1.95 bits per heavy atom. The summed E-state index contributed by atoms with van der Waals surface area (Å²) in [5.74, 6) is -9.46. The van der Waals surface area contributed by atoms with Gasteiger partial charge in [-0.1, -0.05) is 0 Å². The van der Waals surface area contributed by atoms with Gasteiger partial charge in [0.1, 0.15) is 18.8 Å². The number of methoxy groups -OCH3 is 1. The van der Waals surface area contributed by atoms with Crippen LogP contribution in [0.15, 0.2) is 0 Å². The molecule has 0 spiro atoms. The van der Waals surface area contributed by atoms with Crippen molar-refractivity contribution in [1.29, 1.82) is 0 Å². The summed E-state index contributed by atoms with van der Waals surface area (Å²) >= 11 is 0. The van der Waals surface area contributed by atoms with E-state index in [0.717, 1.165) is 41.7 Å². The minimum absolute atomic E-state index is 0.685. The molecule has 0 unspecified atom stereocenters. The first-order chi connectivity index (χ1) is 17.6. The third-order valence-electron chi connectivity index (χ3n) is 4.88. The van der Waals surface area contributed by atoms with Crippen LogP contribution in [0.25, 0.3) is 0 Å². The van der Waals surface area contributed by atoms with Crippen LogP contribution in [0, 0.1) is 0 Å². The van der Waals surface area contributed by atoms with E-state index >= 15 is 0 Å². The Balaban J connectivity index is 3.68. The van der Waals surface area contributed by atoms with Crippen molar-refractivity contribution >= 4 is 41.7 Å². The van der Waals surface area contributed by atoms with Crippen LogP contribution in [0.3, 0.4) is 0 Å². The fraction of sp³-hybridized carbons (Fsp3) is 0.682. The monoisotopic (exact) mass is 549 g/mol. The molecule has 1 saturated heterocycles. The number of esters is 6. The number of ether oxygens (including phenoxy) is 7. The van der Waals surface area contributed by atoms with Crippen molar-refractivity contribution in [1.82, 2.24) is 5.32 Å². The smallest absolute Gasteiger partial charge is 0.366 e. The van der Waals surface area contributed by atoms with E-state index < -0.39 is 97.6 Å². The number of nitrogens with one attached hydrogen (secondary N) is 1. The molecule has 16 nitrogen and oxygen atoms in total. The molecule has 1 aliphatic heterocycles. The molecule has 0 aromatic carbocycles. The minimum atomic E-state index is -2.81. The van der Waals surface area contributed by atoms with Gasteiger partial charge in [0.15, 0.2) is 18.8 Å². The molecule has 1 heterocycles. The predicted octanol–water partition coefficient (Wildman–Crippen LogP) is -1.96. The molecule has 0 aromatic heterocycles. The van der Waals surface area contributed by atoms with Crippen LogP contribution >= 0.6 is 0 Å².